The second-order valence-electron chi connectivity index (χ2n) is 6.51. The first-order chi connectivity index (χ1) is 12.4. The molecule has 1 aromatic carbocycles. The van der Waals surface area contributed by atoms with Crippen molar-refractivity contribution in [2.75, 3.05) is 20.7 Å². The van der Waals surface area contributed by atoms with Crippen molar-refractivity contribution in [2.24, 2.45) is 0 Å². The van der Waals surface area contributed by atoms with Gasteiger partial charge >= 0.3 is 11.6 Å². The zero-order chi connectivity index (χ0) is 18.8. The van der Waals surface area contributed by atoms with E-state index >= 15 is 0 Å². The lowest BCUT2D eigenvalue weighted by Crippen LogP contribution is -2.35. The Hall–Kier alpha value is -2.83. The zero-order valence-corrected chi connectivity index (χ0v) is 15.0. The summed E-state index contributed by atoms with van der Waals surface area (Å²) in [6.45, 7) is 1.16. The fourth-order valence-corrected chi connectivity index (χ4v) is 3.14. The standard InChI is InChI=1S/C19H21NO6/c1-11(18(22)20(2)3)25-17(21)10-24-12-7-8-14-13-5-4-6-15(13)19(23)26-16(14)9-12/h7-9,11H,4-6,10H2,1-3H3/t11-/m0/s1. The number of ether oxygens (including phenoxy) is 2. The monoisotopic (exact) mass is 359 g/mol. The molecule has 0 unspecified atom stereocenters. The lowest BCUT2D eigenvalue weighted by Gasteiger charge is -2.17. The van der Waals surface area contributed by atoms with Gasteiger partial charge in [0.2, 0.25) is 0 Å². The zero-order valence-electron chi connectivity index (χ0n) is 15.0. The van der Waals surface area contributed by atoms with Crippen LogP contribution in [0.4, 0.5) is 0 Å². The largest absolute Gasteiger partial charge is 0.482 e. The quantitative estimate of drug-likeness (QED) is 0.596. The van der Waals surface area contributed by atoms with Crippen molar-refractivity contribution in [3.8, 4) is 5.75 Å². The van der Waals surface area contributed by atoms with Gasteiger partial charge in [0.05, 0.1) is 0 Å². The first-order valence-corrected chi connectivity index (χ1v) is 8.49. The van der Waals surface area contributed by atoms with E-state index < -0.39 is 12.1 Å². The van der Waals surface area contributed by atoms with Gasteiger partial charge in [-0.25, -0.2) is 9.59 Å². The highest BCUT2D eigenvalue weighted by atomic mass is 16.6. The summed E-state index contributed by atoms with van der Waals surface area (Å²) in [7, 11) is 3.17. The molecule has 138 valence electrons. The van der Waals surface area contributed by atoms with E-state index in [9.17, 15) is 14.4 Å². The van der Waals surface area contributed by atoms with Crippen LogP contribution in [0.15, 0.2) is 27.4 Å². The van der Waals surface area contributed by atoms with Gasteiger partial charge in [0, 0.05) is 31.1 Å². The fourth-order valence-electron chi connectivity index (χ4n) is 3.14. The molecule has 0 saturated carbocycles. The average Bonchev–Trinajstić information content (AvgIpc) is 3.09. The number of aryl methyl sites for hydroxylation is 1. The van der Waals surface area contributed by atoms with Crippen molar-refractivity contribution in [1.82, 2.24) is 4.90 Å². The van der Waals surface area contributed by atoms with Gasteiger partial charge in [-0.1, -0.05) is 0 Å². The molecule has 1 aromatic heterocycles. The highest BCUT2D eigenvalue weighted by molar-refractivity contribution is 5.84. The summed E-state index contributed by atoms with van der Waals surface area (Å²) in [5.74, 6) is -0.565. The Morgan fingerprint density at radius 2 is 1.96 bits per heavy atom. The number of benzene rings is 1. The van der Waals surface area contributed by atoms with Gasteiger partial charge in [-0.15, -0.1) is 0 Å². The molecule has 3 rings (SSSR count). The SMILES string of the molecule is C[C@H](OC(=O)COc1ccc2c3c(c(=O)oc2c1)CCC3)C(=O)N(C)C. The van der Waals surface area contributed by atoms with Gasteiger partial charge in [-0.3, -0.25) is 4.79 Å². The van der Waals surface area contributed by atoms with E-state index in [1.54, 1.807) is 26.2 Å². The summed E-state index contributed by atoms with van der Waals surface area (Å²) in [5, 5.41) is 0.900. The maximum atomic E-state index is 12.0. The number of esters is 1. The van der Waals surface area contributed by atoms with Crippen molar-refractivity contribution in [2.45, 2.75) is 32.3 Å². The average molecular weight is 359 g/mol. The van der Waals surface area contributed by atoms with Crippen molar-refractivity contribution in [3.63, 3.8) is 0 Å². The molecule has 1 atom stereocenters. The minimum Gasteiger partial charge on any atom is -0.482 e. The number of hydrogen-bond acceptors (Lipinski definition) is 6. The third kappa shape index (κ3) is 3.56. The predicted octanol–water partition coefficient (Wildman–Crippen LogP) is 1.68. The summed E-state index contributed by atoms with van der Waals surface area (Å²) < 4.78 is 15.8. The van der Waals surface area contributed by atoms with Gasteiger partial charge in [0.1, 0.15) is 11.3 Å². The molecule has 2 aromatic rings. The maximum Gasteiger partial charge on any atom is 0.344 e. The van der Waals surface area contributed by atoms with Crippen molar-refractivity contribution in [1.29, 1.82) is 0 Å². The summed E-state index contributed by atoms with van der Waals surface area (Å²) in [5.41, 5.74) is 1.93. The van der Waals surface area contributed by atoms with Gasteiger partial charge in [-0.2, -0.15) is 0 Å². The summed E-state index contributed by atoms with van der Waals surface area (Å²) in [4.78, 5) is 36.9. The highest BCUT2D eigenvalue weighted by Gasteiger charge is 2.21. The Bertz CT molecular complexity index is 914. The number of nitrogens with zero attached hydrogens (tertiary/aromatic N) is 1. The highest BCUT2D eigenvalue weighted by Crippen LogP contribution is 2.29. The predicted molar refractivity (Wildman–Crippen MR) is 94.3 cm³/mol. The number of fused-ring (bicyclic) bond motifs is 3. The third-order valence-electron chi connectivity index (χ3n) is 4.40. The molecule has 7 nitrogen and oxygen atoms in total. The number of rotatable bonds is 5. The number of amides is 1. The minimum absolute atomic E-state index is 0.306. The Kier molecular flexibility index (Phi) is 4.97. The number of hydrogen-bond donors (Lipinski definition) is 0. The summed E-state index contributed by atoms with van der Waals surface area (Å²) >= 11 is 0. The van der Waals surface area contributed by atoms with Crippen molar-refractivity contribution >= 4 is 22.8 Å². The molecule has 0 N–H and O–H groups in total. The minimum atomic E-state index is -0.877. The van der Waals surface area contributed by atoms with Crippen LogP contribution in [0.1, 0.15) is 24.5 Å². The molecular weight excluding hydrogens is 338 g/mol. The van der Waals surface area contributed by atoms with E-state index in [-0.39, 0.29) is 18.1 Å². The van der Waals surface area contributed by atoms with Crippen LogP contribution >= 0.6 is 0 Å². The maximum absolute atomic E-state index is 12.0. The van der Waals surface area contributed by atoms with Gasteiger partial charge in [0.15, 0.2) is 12.7 Å². The first kappa shape index (κ1) is 18.0. The molecule has 1 aliphatic rings. The first-order valence-electron chi connectivity index (χ1n) is 8.49. The van der Waals surface area contributed by atoms with Crippen LogP contribution in [0, 0.1) is 0 Å². The van der Waals surface area contributed by atoms with Gasteiger partial charge in [-0.05, 0) is 43.9 Å². The molecule has 0 fully saturated rings. The normalized spacial score (nSPS) is 14.0. The van der Waals surface area contributed by atoms with Crippen molar-refractivity contribution < 1.29 is 23.5 Å². The van der Waals surface area contributed by atoms with Gasteiger partial charge < -0.3 is 18.8 Å². The Morgan fingerprint density at radius 3 is 2.69 bits per heavy atom. The molecule has 1 aliphatic carbocycles. The Balaban J connectivity index is 1.68. The molecule has 0 radical (unpaired) electrons. The molecule has 0 aliphatic heterocycles. The Labute approximate surface area is 150 Å². The van der Waals surface area contributed by atoms with E-state index in [2.05, 4.69) is 0 Å². The van der Waals surface area contributed by atoms with Crippen LogP contribution in [0.5, 0.6) is 5.75 Å². The van der Waals surface area contributed by atoms with E-state index in [4.69, 9.17) is 13.9 Å². The third-order valence-corrected chi connectivity index (χ3v) is 4.40. The lowest BCUT2D eigenvalue weighted by atomic mass is 10.1. The number of carbonyl (C=O) groups excluding carboxylic acids is 2. The topological polar surface area (TPSA) is 86.0 Å². The van der Waals surface area contributed by atoms with Crippen LogP contribution in [-0.4, -0.2) is 43.6 Å². The van der Waals surface area contributed by atoms with E-state index in [0.717, 1.165) is 35.8 Å². The lowest BCUT2D eigenvalue weighted by molar-refractivity contribution is -0.159. The molecule has 1 amide bonds. The van der Waals surface area contributed by atoms with Gasteiger partial charge in [0.25, 0.3) is 5.91 Å². The Morgan fingerprint density at radius 1 is 1.23 bits per heavy atom. The summed E-state index contributed by atoms with van der Waals surface area (Å²) in [6, 6.07) is 5.15. The second-order valence-corrected chi connectivity index (χ2v) is 6.51. The van der Waals surface area contributed by atoms with E-state index in [1.165, 1.54) is 11.8 Å². The van der Waals surface area contributed by atoms with E-state index in [1.807, 2.05) is 6.07 Å². The second kappa shape index (κ2) is 7.19. The smallest absolute Gasteiger partial charge is 0.344 e. The molecule has 0 bridgehead atoms. The van der Waals surface area contributed by atoms with Crippen LogP contribution in [-0.2, 0) is 27.2 Å². The molecular formula is C19H21NO6. The molecule has 0 spiro atoms. The van der Waals surface area contributed by atoms with Crippen molar-refractivity contribution in [3.05, 3.63) is 39.7 Å². The fraction of sp³-hybridized carbons (Fsp3) is 0.421. The van der Waals surface area contributed by atoms with Crippen LogP contribution in [0.2, 0.25) is 0 Å². The van der Waals surface area contributed by atoms with Crippen LogP contribution in [0.25, 0.3) is 11.0 Å². The van der Waals surface area contributed by atoms with Crippen LogP contribution in [0.3, 0.4) is 0 Å². The number of carbonyl (C=O) groups is 2. The number of likely N-dealkylation sites (N-methyl/N-ethyl adjacent to an activating group) is 1. The molecule has 26 heavy (non-hydrogen) atoms. The molecule has 0 saturated heterocycles. The van der Waals surface area contributed by atoms with E-state index in [0.29, 0.717) is 11.3 Å². The molecule has 1 heterocycles. The molecule has 7 heteroatoms. The van der Waals surface area contributed by atoms with Crippen LogP contribution < -0.4 is 10.4 Å². The summed E-state index contributed by atoms with van der Waals surface area (Å²) in [6.07, 6.45) is 1.69.